The Kier molecular flexibility index (Phi) is 7.84. The summed E-state index contributed by atoms with van der Waals surface area (Å²) >= 11 is 8.27. The molecule has 142 valence electrons. The lowest BCUT2D eigenvalue weighted by Gasteiger charge is -2.41. The molecule has 0 spiro atoms. The Morgan fingerprint density at radius 3 is 2.28 bits per heavy atom. The van der Waals surface area contributed by atoms with Gasteiger partial charge >= 0.3 is 5.97 Å². The van der Waals surface area contributed by atoms with E-state index >= 15 is 0 Å². The van der Waals surface area contributed by atoms with Crippen molar-refractivity contribution >= 4 is 44.9 Å². The van der Waals surface area contributed by atoms with E-state index in [1.54, 1.807) is 6.07 Å². The van der Waals surface area contributed by atoms with Gasteiger partial charge in [0.25, 0.3) is 0 Å². The van der Waals surface area contributed by atoms with Crippen LogP contribution in [-0.2, 0) is 26.4 Å². The molecule has 3 atom stereocenters. The van der Waals surface area contributed by atoms with E-state index in [9.17, 15) is 9.35 Å². The van der Waals surface area contributed by atoms with Crippen LogP contribution in [0.4, 0.5) is 0 Å². The average Bonchev–Trinajstić information content (AvgIpc) is 2.48. The zero-order valence-corrected chi connectivity index (χ0v) is 18.9. The summed E-state index contributed by atoms with van der Waals surface area (Å²) in [5, 5.41) is 0.527. The second kappa shape index (κ2) is 8.61. The Labute approximate surface area is 167 Å². The van der Waals surface area contributed by atoms with Gasteiger partial charge in [-0.15, -0.1) is 4.72 Å². The molecule has 0 saturated heterocycles. The molecule has 0 radical (unpaired) electrons. The first-order valence-electron chi connectivity index (χ1n) is 8.07. The zero-order valence-electron chi connectivity index (χ0n) is 15.8. The van der Waals surface area contributed by atoms with E-state index in [1.165, 1.54) is 7.11 Å². The number of benzene rings is 1. The van der Waals surface area contributed by atoms with Crippen molar-refractivity contribution in [2.75, 3.05) is 7.11 Å². The Morgan fingerprint density at radius 1 is 1.32 bits per heavy atom. The van der Waals surface area contributed by atoms with Gasteiger partial charge in [0.05, 0.1) is 23.6 Å². The van der Waals surface area contributed by atoms with Crippen LogP contribution in [0.3, 0.4) is 0 Å². The summed E-state index contributed by atoms with van der Waals surface area (Å²) in [5.41, 5.74) is -0.133. The smallest absolute Gasteiger partial charge is 0.311 e. The summed E-state index contributed by atoms with van der Waals surface area (Å²) in [4.78, 5) is 12.6. The van der Waals surface area contributed by atoms with Crippen molar-refractivity contribution in [2.24, 2.45) is 11.8 Å². The molecule has 0 aliphatic heterocycles. The molecule has 0 aliphatic carbocycles. The van der Waals surface area contributed by atoms with Crippen LogP contribution in [0.5, 0.6) is 0 Å². The van der Waals surface area contributed by atoms with E-state index in [0.717, 1.165) is 10.0 Å². The molecule has 1 aromatic carbocycles. The first-order chi connectivity index (χ1) is 11.3. The minimum Gasteiger partial charge on any atom is -0.598 e. The molecule has 1 aromatic rings. The molecule has 0 aliphatic rings. The van der Waals surface area contributed by atoms with Gasteiger partial charge in [-0.05, 0) is 67.2 Å². The second-order valence-corrected chi connectivity index (χ2v) is 10.8. The van der Waals surface area contributed by atoms with E-state index in [-0.39, 0.29) is 11.9 Å². The summed E-state index contributed by atoms with van der Waals surface area (Å²) in [6, 6.07) is 5.49. The van der Waals surface area contributed by atoms with Crippen LogP contribution in [0.2, 0.25) is 5.02 Å². The first kappa shape index (κ1) is 22.8. The predicted molar refractivity (Wildman–Crippen MR) is 108 cm³/mol. The number of hydrogen-bond donors (Lipinski definition) is 1. The highest BCUT2D eigenvalue weighted by atomic mass is 79.9. The molecule has 7 heteroatoms. The van der Waals surface area contributed by atoms with Gasteiger partial charge in [-0.25, -0.2) is 0 Å². The normalized spacial score (nSPS) is 17.1. The molecule has 4 nitrogen and oxygen atoms in total. The second-order valence-electron chi connectivity index (χ2n) is 7.56. The Morgan fingerprint density at radius 2 is 1.88 bits per heavy atom. The number of esters is 1. The molecular formula is C18H27BrClNO3S. The molecule has 25 heavy (non-hydrogen) atoms. The summed E-state index contributed by atoms with van der Waals surface area (Å²) in [7, 11) is 1.37. The molecule has 0 bridgehead atoms. The minimum absolute atomic E-state index is 0.0376. The predicted octanol–water partition coefficient (Wildman–Crippen LogP) is 4.81. The highest BCUT2D eigenvalue weighted by molar-refractivity contribution is 9.10. The molecule has 0 fully saturated rings. The number of halogens is 2. The van der Waals surface area contributed by atoms with E-state index < -0.39 is 27.6 Å². The van der Waals surface area contributed by atoms with Gasteiger partial charge in [0.15, 0.2) is 0 Å². The van der Waals surface area contributed by atoms with Crippen LogP contribution in [-0.4, -0.2) is 22.4 Å². The fourth-order valence-corrected chi connectivity index (χ4v) is 4.13. The number of methoxy groups -OCH3 is 1. The zero-order chi connectivity index (χ0) is 19.6. The molecule has 1 N–H and O–H groups in total. The van der Waals surface area contributed by atoms with Gasteiger partial charge in [0, 0.05) is 15.8 Å². The van der Waals surface area contributed by atoms with Crippen LogP contribution in [0.1, 0.15) is 47.1 Å². The van der Waals surface area contributed by atoms with Crippen molar-refractivity contribution in [3.05, 3.63) is 33.3 Å². The molecular weight excluding hydrogens is 426 g/mol. The van der Waals surface area contributed by atoms with Gasteiger partial charge in [-0.1, -0.05) is 31.5 Å². The first-order valence-corrected chi connectivity index (χ1v) is 10.4. The van der Waals surface area contributed by atoms with Crippen LogP contribution < -0.4 is 4.72 Å². The lowest BCUT2D eigenvalue weighted by atomic mass is 9.74. The largest absolute Gasteiger partial charge is 0.598 e. The maximum absolute atomic E-state index is 12.8. The highest BCUT2D eigenvalue weighted by Gasteiger charge is 2.48. The molecule has 0 heterocycles. The molecule has 0 amide bonds. The monoisotopic (exact) mass is 451 g/mol. The van der Waals surface area contributed by atoms with E-state index in [0.29, 0.717) is 5.02 Å². The summed E-state index contributed by atoms with van der Waals surface area (Å²) in [6.07, 6.45) is 0. The van der Waals surface area contributed by atoms with Crippen molar-refractivity contribution in [1.82, 2.24) is 4.72 Å². The SMILES string of the molecule is COC(=O)[C@@H](C(C)C)[C@](C)(N[S+]([O-])C(C)(C)C)c1ccc(Br)c(Cl)c1. The fraction of sp³-hybridized carbons (Fsp3) is 0.611. The fourth-order valence-electron chi connectivity index (χ4n) is 2.77. The number of carbonyl (C=O) groups is 1. The number of hydrogen-bond acceptors (Lipinski definition) is 4. The average molecular weight is 453 g/mol. The Bertz CT molecular complexity index is 621. The van der Waals surface area contributed by atoms with Crippen LogP contribution in [0.25, 0.3) is 0 Å². The third-order valence-corrected chi connectivity index (χ3v) is 7.08. The summed E-state index contributed by atoms with van der Waals surface area (Å²) in [6.45, 7) is 11.4. The van der Waals surface area contributed by atoms with E-state index in [1.807, 2.05) is 53.7 Å². The maximum Gasteiger partial charge on any atom is 0.311 e. The van der Waals surface area contributed by atoms with Crippen molar-refractivity contribution in [2.45, 2.75) is 51.8 Å². The maximum atomic E-state index is 12.8. The Hall–Kier alpha value is -0.270. The third-order valence-electron chi connectivity index (χ3n) is 4.12. The quantitative estimate of drug-likeness (QED) is 0.497. The molecule has 0 saturated carbocycles. The van der Waals surface area contributed by atoms with Crippen molar-refractivity contribution < 1.29 is 14.1 Å². The van der Waals surface area contributed by atoms with Crippen molar-refractivity contribution in [1.29, 1.82) is 0 Å². The molecule has 1 unspecified atom stereocenters. The lowest BCUT2D eigenvalue weighted by molar-refractivity contribution is -0.150. The van der Waals surface area contributed by atoms with Crippen molar-refractivity contribution in [3.63, 3.8) is 0 Å². The number of nitrogens with one attached hydrogen (secondary N) is 1. The lowest BCUT2D eigenvalue weighted by Crippen LogP contribution is -2.56. The van der Waals surface area contributed by atoms with Gasteiger partial charge < -0.3 is 9.29 Å². The van der Waals surface area contributed by atoms with Gasteiger partial charge in [-0.3, -0.25) is 4.79 Å². The van der Waals surface area contributed by atoms with Gasteiger partial charge in [0.1, 0.15) is 4.75 Å². The molecule has 1 rings (SSSR count). The summed E-state index contributed by atoms with van der Waals surface area (Å²) < 4.78 is 21.4. The summed E-state index contributed by atoms with van der Waals surface area (Å²) in [5.74, 6) is -0.930. The minimum atomic E-state index is -1.39. The topological polar surface area (TPSA) is 61.4 Å². The van der Waals surface area contributed by atoms with Crippen LogP contribution in [0.15, 0.2) is 22.7 Å². The van der Waals surface area contributed by atoms with Crippen LogP contribution in [0, 0.1) is 11.8 Å². The third kappa shape index (κ3) is 5.36. The van der Waals surface area contributed by atoms with Gasteiger partial charge in [-0.2, -0.15) is 0 Å². The van der Waals surface area contributed by atoms with E-state index in [4.69, 9.17) is 16.3 Å². The van der Waals surface area contributed by atoms with Crippen molar-refractivity contribution in [3.8, 4) is 0 Å². The Balaban J connectivity index is 3.53. The number of rotatable bonds is 6. The number of carbonyl (C=O) groups excluding carboxylic acids is 1. The molecule has 0 aromatic heterocycles. The van der Waals surface area contributed by atoms with Gasteiger partial charge in [0.2, 0.25) is 0 Å². The van der Waals surface area contributed by atoms with Crippen LogP contribution >= 0.6 is 27.5 Å². The highest BCUT2D eigenvalue weighted by Crippen LogP contribution is 2.39. The standard InChI is InChI=1S/C18H27BrClNO3S/c1-11(2)15(16(22)24-7)18(6,21-25(23)17(3,4)5)12-8-9-13(19)14(20)10-12/h8-11,15,21H,1-7H3/t15-,18-,25?/m1/s1. The van der Waals surface area contributed by atoms with E-state index in [2.05, 4.69) is 20.7 Å². The number of ether oxygens (including phenoxy) is 1.